The van der Waals surface area contributed by atoms with Gasteiger partial charge in [-0.3, -0.25) is 4.79 Å². The Morgan fingerprint density at radius 3 is 2.91 bits per heavy atom. The third-order valence-corrected chi connectivity index (χ3v) is 4.40. The predicted octanol–water partition coefficient (Wildman–Crippen LogP) is 3.03. The number of hydrogen-bond acceptors (Lipinski definition) is 5. The average molecular weight is 376 g/mol. The van der Waals surface area contributed by atoms with Crippen LogP contribution in [0.5, 0.6) is 0 Å². The van der Waals surface area contributed by atoms with E-state index in [1.807, 2.05) is 25.1 Å². The standard InChI is InChI=1S/C15H18ClN3O2S.ClH/c1-9-3-4-10(6-12(9)16)5-11-7-18-15(22-11)19-14(20)13(17)8-21-2;/h3-4,6-7,13H,5,8,17H2,1-2H3,(H,18,19,20);1H. The summed E-state index contributed by atoms with van der Waals surface area (Å²) in [4.78, 5) is 17.0. The zero-order chi connectivity index (χ0) is 16.1. The second kappa shape index (κ2) is 9.20. The van der Waals surface area contributed by atoms with Gasteiger partial charge in [-0.1, -0.05) is 23.7 Å². The first-order valence-electron chi connectivity index (χ1n) is 6.74. The highest BCUT2D eigenvalue weighted by Gasteiger charge is 2.15. The van der Waals surface area contributed by atoms with Gasteiger partial charge in [0.15, 0.2) is 5.13 Å². The number of nitrogens with two attached hydrogens (primary N) is 1. The Kier molecular flexibility index (Phi) is 7.94. The Morgan fingerprint density at radius 1 is 1.52 bits per heavy atom. The number of nitrogens with zero attached hydrogens (tertiary/aromatic N) is 1. The minimum Gasteiger partial charge on any atom is -0.383 e. The maximum absolute atomic E-state index is 11.8. The number of nitrogens with one attached hydrogen (secondary N) is 1. The highest BCUT2D eigenvalue weighted by atomic mass is 35.5. The van der Waals surface area contributed by atoms with E-state index in [9.17, 15) is 4.79 Å². The van der Waals surface area contributed by atoms with E-state index in [1.165, 1.54) is 18.4 Å². The molecule has 0 aliphatic carbocycles. The molecule has 1 amide bonds. The molecule has 1 aromatic carbocycles. The Morgan fingerprint density at radius 2 is 2.26 bits per heavy atom. The van der Waals surface area contributed by atoms with Gasteiger partial charge in [-0.2, -0.15) is 0 Å². The van der Waals surface area contributed by atoms with Crippen LogP contribution in [0.2, 0.25) is 5.02 Å². The molecule has 0 aliphatic rings. The van der Waals surface area contributed by atoms with Gasteiger partial charge < -0.3 is 15.8 Å². The highest BCUT2D eigenvalue weighted by Crippen LogP contribution is 2.23. The fourth-order valence-corrected chi connectivity index (χ4v) is 2.90. The smallest absolute Gasteiger partial charge is 0.245 e. The van der Waals surface area contributed by atoms with Gasteiger partial charge in [-0.15, -0.1) is 23.7 Å². The molecule has 8 heteroatoms. The van der Waals surface area contributed by atoms with E-state index in [-0.39, 0.29) is 24.9 Å². The summed E-state index contributed by atoms with van der Waals surface area (Å²) in [7, 11) is 1.50. The van der Waals surface area contributed by atoms with E-state index < -0.39 is 6.04 Å². The van der Waals surface area contributed by atoms with Crippen molar-refractivity contribution < 1.29 is 9.53 Å². The van der Waals surface area contributed by atoms with Crippen molar-refractivity contribution in [3.05, 3.63) is 45.4 Å². The van der Waals surface area contributed by atoms with Crippen LogP contribution in [0.1, 0.15) is 16.0 Å². The molecule has 5 nitrogen and oxygen atoms in total. The maximum Gasteiger partial charge on any atom is 0.245 e. The molecule has 0 radical (unpaired) electrons. The first-order chi connectivity index (χ1) is 10.5. The van der Waals surface area contributed by atoms with Crippen LogP contribution in [-0.2, 0) is 16.0 Å². The van der Waals surface area contributed by atoms with Gasteiger partial charge in [-0.25, -0.2) is 4.98 Å². The van der Waals surface area contributed by atoms with Gasteiger partial charge in [0.05, 0.1) is 6.61 Å². The van der Waals surface area contributed by atoms with E-state index in [2.05, 4.69) is 10.3 Å². The number of rotatable bonds is 6. The first-order valence-corrected chi connectivity index (χ1v) is 7.94. The lowest BCUT2D eigenvalue weighted by Crippen LogP contribution is -2.39. The summed E-state index contributed by atoms with van der Waals surface area (Å²) in [5.41, 5.74) is 7.82. The fourth-order valence-electron chi connectivity index (χ4n) is 1.85. The monoisotopic (exact) mass is 375 g/mol. The average Bonchev–Trinajstić information content (AvgIpc) is 2.90. The van der Waals surface area contributed by atoms with E-state index in [0.717, 1.165) is 27.4 Å². The van der Waals surface area contributed by atoms with E-state index in [4.69, 9.17) is 22.1 Å². The fraction of sp³-hybridized carbons (Fsp3) is 0.333. The molecule has 1 aromatic heterocycles. The normalized spacial score (nSPS) is 11.7. The van der Waals surface area contributed by atoms with Gasteiger partial charge in [0.1, 0.15) is 6.04 Å². The van der Waals surface area contributed by atoms with Crippen LogP contribution in [0.25, 0.3) is 0 Å². The zero-order valence-electron chi connectivity index (χ0n) is 12.8. The quantitative estimate of drug-likeness (QED) is 0.813. The summed E-state index contributed by atoms with van der Waals surface area (Å²) in [5, 5.41) is 3.97. The molecule has 2 aromatic rings. The van der Waals surface area contributed by atoms with Crippen LogP contribution in [0.4, 0.5) is 5.13 Å². The molecule has 126 valence electrons. The number of halogens is 2. The molecule has 0 saturated heterocycles. The van der Waals surface area contributed by atoms with Crippen molar-refractivity contribution >= 4 is 46.4 Å². The van der Waals surface area contributed by atoms with Gasteiger partial charge >= 0.3 is 0 Å². The number of aryl methyl sites for hydroxylation is 1. The molecule has 0 fully saturated rings. The van der Waals surface area contributed by atoms with E-state index >= 15 is 0 Å². The van der Waals surface area contributed by atoms with Crippen LogP contribution in [0, 0.1) is 6.92 Å². The Bertz CT molecular complexity index is 664. The molecule has 0 bridgehead atoms. The lowest BCUT2D eigenvalue weighted by Gasteiger charge is -2.08. The van der Waals surface area contributed by atoms with Crippen LogP contribution in [0.15, 0.2) is 24.4 Å². The molecular weight excluding hydrogens is 357 g/mol. The molecule has 0 saturated carbocycles. The zero-order valence-corrected chi connectivity index (χ0v) is 15.2. The van der Waals surface area contributed by atoms with Gasteiger partial charge in [0.2, 0.25) is 5.91 Å². The van der Waals surface area contributed by atoms with E-state index in [1.54, 1.807) is 6.20 Å². The lowest BCUT2D eigenvalue weighted by molar-refractivity contribution is -0.118. The number of amides is 1. The van der Waals surface area contributed by atoms with Gasteiger partial charge in [0, 0.05) is 29.6 Å². The molecule has 1 unspecified atom stereocenters. The topological polar surface area (TPSA) is 77.2 Å². The lowest BCUT2D eigenvalue weighted by atomic mass is 10.1. The number of carbonyl (C=O) groups is 1. The number of thiazole rings is 1. The predicted molar refractivity (Wildman–Crippen MR) is 96.8 cm³/mol. The van der Waals surface area contributed by atoms with Crippen LogP contribution < -0.4 is 11.1 Å². The highest BCUT2D eigenvalue weighted by molar-refractivity contribution is 7.15. The third-order valence-electron chi connectivity index (χ3n) is 3.08. The number of anilines is 1. The van der Waals surface area contributed by atoms with E-state index in [0.29, 0.717) is 5.13 Å². The molecule has 1 atom stereocenters. The number of hydrogen-bond donors (Lipinski definition) is 2. The molecule has 23 heavy (non-hydrogen) atoms. The van der Waals surface area contributed by atoms with Crippen molar-refractivity contribution in [3.8, 4) is 0 Å². The van der Waals surface area contributed by atoms with Crippen molar-refractivity contribution in [2.45, 2.75) is 19.4 Å². The Balaban J connectivity index is 0.00000264. The van der Waals surface area contributed by atoms with Crippen molar-refractivity contribution in [1.29, 1.82) is 0 Å². The molecule has 0 spiro atoms. The van der Waals surface area contributed by atoms with Crippen molar-refractivity contribution in [1.82, 2.24) is 4.98 Å². The largest absolute Gasteiger partial charge is 0.383 e. The van der Waals surface area contributed by atoms with Crippen molar-refractivity contribution in [2.24, 2.45) is 5.73 Å². The summed E-state index contributed by atoms with van der Waals surface area (Å²) >= 11 is 7.54. The molecule has 2 rings (SSSR count). The Hall–Kier alpha value is -1.18. The van der Waals surface area contributed by atoms with Crippen molar-refractivity contribution in [2.75, 3.05) is 19.0 Å². The van der Waals surface area contributed by atoms with Gasteiger partial charge in [-0.05, 0) is 24.1 Å². The number of aromatic nitrogens is 1. The second-order valence-electron chi connectivity index (χ2n) is 4.94. The first kappa shape index (κ1) is 19.9. The summed E-state index contributed by atoms with van der Waals surface area (Å²) in [6, 6.07) is 5.27. The minimum absolute atomic E-state index is 0. The number of ether oxygens (including phenoxy) is 1. The summed E-state index contributed by atoms with van der Waals surface area (Å²) in [6.45, 7) is 2.14. The molecule has 1 heterocycles. The summed E-state index contributed by atoms with van der Waals surface area (Å²) in [5.74, 6) is -0.305. The minimum atomic E-state index is -0.701. The van der Waals surface area contributed by atoms with Crippen LogP contribution >= 0.6 is 35.3 Å². The number of methoxy groups -OCH3 is 1. The van der Waals surface area contributed by atoms with Gasteiger partial charge in [0.25, 0.3) is 0 Å². The third kappa shape index (κ3) is 5.75. The summed E-state index contributed by atoms with van der Waals surface area (Å²) < 4.78 is 4.85. The SMILES string of the molecule is COCC(N)C(=O)Nc1ncc(Cc2ccc(C)c(Cl)c2)s1.Cl. The number of carbonyl (C=O) groups excluding carboxylic acids is 1. The second-order valence-corrected chi connectivity index (χ2v) is 6.47. The molecular formula is C15H19Cl2N3O2S. The van der Waals surface area contributed by atoms with Crippen LogP contribution in [0.3, 0.4) is 0 Å². The number of benzene rings is 1. The van der Waals surface area contributed by atoms with Crippen molar-refractivity contribution in [3.63, 3.8) is 0 Å². The maximum atomic E-state index is 11.8. The molecule has 3 N–H and O–H groups in total. The molecule has 0 aliphatic heterocycles. The summed E-state index contributed by atoms with van der Waals surface area (Å²) in [6.07, 6.45) is 2.47. The Labute approximate surface area is 150 Å². The van der Waals surface area contributed by atoms with Crippen LogP contribution in [-0.4, -0.2) is 30.6 Å².